The molecule has 1 rings (SSSR count). The predicted molar refractivity (Wildman–Crippen MR) is 366 cm³/mol. The number of unbranched alkanes of at least 4 members (excludes halogenated alkanes) is 46. The van der Waals surface area contributed by atoms with Crippen LogP contribution in [0.15, 0.2) is 48.6 Å². The zero-order valence-corrected chi connectivity index (χ0v) is 56.7. The summed E-state index contributed by atoms with van der Waals surface area (Å²) in [5.41, 5.74) is 0. The van der Waals surface area contributed by atoms with Crippen LogP contribution < -0.4 is 5.32 Å². The molecule has 0 aliphatic carbocycles. The van der Waals surface area contributed by atoms with Crippen molar-refractivity contribution in [2.75, 3.05) is 19.8 Å². The number of ether oxygens (including phenoxy) is 3. The smallest absolute Gasteiger partial charge is 0.305 e. The molecule has 11 heteroatoms. The van der Waals surface area contributed by atoms with Gasteiger partial charge in [0.2, 0.25) is 5.91 Å². The van der Waals surface area contributed by atoms with Crippen LogP contribution in [0.25, 0.3) is 0 Å². The van der Waals surface area contributed by atoms with Gasteiger partial charge in [-0.3, -0.25) is 9.59 Å². The summed E-state index contributed by atoms with van der Waals surface area (Å²) in [5.74, 6) is -0.176. The predicted octanol–water partition coefficient (Wildman–Crippen LogP) is 19.5. The molecule has 0 bridgehead atoms. The van der Waals surface area contributed by atoms with Crippen LogP contribution in [0.1, 0.15) is 361 Å². The van der Waals surface area contributed by atoms with Crippen LogP contribution in [0.5, 0.6) is 0 Å². The van der Waals surface area contributed by atoms with Crippen molar-refractivity contribution in [3.8, 4) is 0 Å². The van der Waals surface area contributed by atoms with E-state index in [1.165, 1.54) is 270 Å². The van der Waals surface area contributed by atoms with Gasteiger partial charge >= 0.3 is 5.97 Å². The molecule has 1 fully saturated rings. The maximum absolute atomic E-state index is 13.0. The molecule has 7 unspecified atom stereocenters. The van der Waals surface area contributed by atoms with E-state index in [2.05, 4.69) is 55.6 Å². The van der Waals surface area contributed by atoms with Crippen LogP contribution in [0.3, 0.4) is 0 Å². The lowest BCUT2D eigenvalue weighted by molar-refractivity contribution is -0.302. The Morgan fingerprint density at radius 1 is 0.425 bits per heavy atom. The summed E-state index contributed by atoms with van der Waals surface area (Å²) < 4.78 is 16.7. The van der Waals surface area contributed by atoms with Crippen LogP contribution >= 0.6 is 0 Å². The van der Waals surface area contributed by atoms with E-state index in [4.69, 9.17) is 14.2 Å². The molecule has 6 N–H and O–H groups in total. The second-order valence-electron chi connectivity index (χ2n) is 26.0. The Morgan fingerprint density at radius 2 is 0.782 bits per heavy atom. The van der Waals surface area contributed by atoms with E-state index in [-0.39, 0.29) is 18.5 Å². The van der Waals surface area contributed by atoms with Gasteiger partial charge in [-0.05, 0) is 83.5 Å². The highest BCUT2D eigenvalue weighted by atomic mass is 16.7. The Kier molecular flexibility index (Phi) is 61.9. The van der Waals surface area contributed by atoms with Crippen molar-refractivity contribution in [3.05, 3.63) is 48.6 Å². The summed E-state index contributed by atoms with van der Waals surface area (Å²) in [4.78, 5) is 25.0. The lowest BCUT2D eigenvalue weighted by atomic mass is 9.99. The Bertz CT molecular complexity index is 1580. The number of aliphatic hydroxyl groups is 5. The molecule has 0 aromatic carbocycles. The number of aliphatic hydroxyl groups excluding tert-OH is 5. The number of hydrogen-bond acceptors (Lipinski definition) is 10. The molecule has 1 aliphatic rings. The Balaban J connectivity index is 1.88. The largest absolute Gasteiger partial charge is 0.466 e. The number of amides is 1. The minimum absolute atomic E-state index is 0.00344. The number of rotatable bonds is 66. The summed E-state index contributed by atoms with van der Waals surface area (Å²) in [5, 5.41) is 54.3. The van der Waals surface area contributed by atoms with Crippen molar-refractivity contribution in [2.24, 2.45) is 0 Å². The first kappa shape index (κ1) is 82.6. The minimum atomic E-state index is -1.57. The fourth-order valence-electron chi connectivity index (χ4n) is 11.7. The maximum atomic E-state index is 13.0. The van der Waals surface area contributed by atoms with Crippen molar-refractivity contribution in [2.45, 2.75) is 403 Å². The fraction of sp³-hybridized carbons (Fsp3) is 0.868. The average molecular weight is 1230 g/mol. The van der Waals surface area contributed by atoms with Crippen molar-refractivity contribution in [3.63, 3.8) is 0 Å². The van der Waals surface area contributed by atoms with E-state index in [1.54, 1.807) is 6.08 Å². The first-order chi connectivity index (χ1) is 42.7. The zero-order chi connectivity index (χ0) is 63.0. The molecule has 0 spiro atoms. The number of allylic oxidation sites excluding steroid dienone is 7. The van der Waals surface area contributed by atoms with Crippen LogP contribution in [0, 0.1) is 0 Å². The second-order valence-corrected chi connectivity index (χ2v) is 26.0. The average Bonchev–Trinajstić information content (AvgIpc) is 3.66. The molecule has 0 aromatic rings. The molecule has 87 heavy (non-hydrogen) atoms. The molecule has 1 saturated heterocycles. The van der Waals surface area contributed by atoms with Crippen molar-refractivity contribution >= 4 is 11.9 Å². The molecule has 1 amide bonds. The van der Waals surface area contributed by atoms with Crippen LogP contribution in [0.2, 0.25) is 0 Å². The summed E-state index contributed by atoms with van der Waals surface area (Å²) in [6.07, 6.45) is 75.8. The molecule has 7 atom stereocenters. The Hall–Kier alpha value is -2.38. The van der Waals surface area contributed by atoms with Crippen LogP contribution in [-0.2, 0) is 23.8 Å². The van der Waals surface area contributed by atoms with E-state index < -0.39 is 49.5 Å². The van der Waals surface area contributed by atoms with E-state index in [0.29, 0.717) is 19.4 Å². The topological polar surface area (TPSA) is 175 Å². The third-order valence-corrected chi connectivity index (χ3v) is 17.7. The van der Waals surface area contributed by atoms with Gasteiger partial charge in [0.1, 0.15) is 24.4 Å². The molecule has 0 aromatic heterocycles. The molecule has 0 radical (unpaired) electrons. The Labute approximate surface area is 536 Å². The lowest BCUT2D eigenvalue weighted by Gasteiger charge is -2.40. The van der Waals surface area contributed by atoms with Crippen LogP contribution in [-0.4, -0.2) is 100 Å². The number of hydrogen-bond donors (Lipinski definition) is 6. The molecule has 11 nitrogen and oxygen atoms in total. The highest BCUT2D eigenvalue weighted by Crippen LogP contribution is 2.23. The normalized spacial score (nSPS) is 18.1. The molecule has 510 valence electrons. The van der Waals surface area contributed by atoms with Gasteiger partial charge in [-0.1, -0.05) is 313 Å². The van der Waals surface area contributed by atoms with Gasteiger partial charge in [-0.25, -0.2) is 0 Å². The number of nitrogens with one attached hydrogen (secondary N) is 1. The fourth-order valence-corrected chi connectivity index (χ4v) is 11.7. The molecule has 1 aliphatic heterocycles. The second kappa shape index (κ2) is 65.1. The van der Waals surface area contributed by atoms with Gasteiger partial charge in [-0.15, -0.1) is 0 Å². The number of esters is 1. The van der Waals surface area contributed by atoms with Gasteiger partial charge in [-0.2, -0.15) is 0 Å². The van der Waals surface area contributed by atoms with Crippen molar-refractivity contribution in [1.82, 2.24) is 5.32 Å². The number of carbonyl (C=O) groups is 2. The van der Waals surface area contributed by atoms with Crippen molar-refractivity contribution in [1.29, 1.82) is 0 Å². The molecular formula is C76H141NO10. The van der Waals surface area contributed by atoms with Gasteiger partial charge in [0.25, 0.3) is 0 Å². The van der Waals surface area contributed by atoms with Gasteiger partial charge in [0, 0.05) is 12.8 Å². The Morgan fingerprint density at radius 3 is 1.21 bits per heavy atom. The van der Waals surface area contributed by atoms with E-state index in [1.807, 2.05) is 6.08 Å². The van der Waals surface area contributed by atoms with E-state index in [0.717, 1.165) is 64.2 Å². The number of carbonyl (C=O) groups excluding carboxylic acids is 2. The highest BCUT2D eigenvalue weighted by Gasteiger charge is 2.44. The standard InChI is InChI=1S/C76H141NO10/c1-3-5-7-9-11-13-43-48-52-56-60-64-72(81)85-65-61-57-53-49-45-42-40-38-36-34-32-30-28-26-24-22-20-18-16-14-15-17-19-21-23-25-27-29-31-33-35-37-39-41-44-47-51-55-59-63-71(80)77-68(69(79)62-58-54-50-46-12-10-8-6-4-2)67-86-76-75(84)74(83)73(82)70(66-78)87-76/h9,11,14-15,18,20,58,62,68-70,73-76,78-79,82-84H,3-8,10,12-13,16-17,19,21-57,59-61,63-67H2,1-2H3,(H,77,80)/b11-9-,15-14-,20-18-,62-58+. The van der Waals surface area contributed by atoms with Gasteiger partial charge in [0.05, 0.1) is 32.0 Å². The first-order valence-electron chi connectivity index (χ1n) is 37.4. The SMILES string of the molecule is CCCC/C=C\CCCCCCCC(=O)OCCCCCCCCCCCCCCCCC/C=C\C/C=C\CCCCCCCCCCCCCCCCCCCC(=O)NC(COC1OC(CO)C(O)C(O)C1O)C(O)/C=C/CCCCCCCCC. The third-order valence-electron chi connectivity index (χ3n) is 17.7. The van der Waals surface area contributed by atoms with Gasteiger partial charge in [0.15, 0.2) is 6.29 Å². The van der Waals surface area contributed by atoms with Crippen LogP contribution in [0.4, 0.5) is 0 Å². The molecule has 1 heterocycles. The zero-order valence-electron chi connectivity index (χ0n) is 56.7. The third kappa shape index (κ3) is 53.9. The monoisotopic (exact) mass is 1230 g/mol. The first-order valence-corrected chi connectivity index (χ1v) is 37.4. The summed E-state index contributed by atoms with van der Waals surface area (Å²) in [6.45, 7) is 4.31. The quantitative estimate of drug-likeness (QED) is 0.0195. The van der Waals surface area contributed by atoms with E-state index in [9.17, 15) is 35.1 Å². The maximum Gasteiger partial charge on any atom is 0.305 e. The van der Waals surface area contributed by atoms with Gasteiger partial charge < -0.3 is 45.1 Å². The molecule has 0 saturated carbocycles. The van der Waals surface area contributed by atoms with E-state index >= 15 is 0 Å². The van der Waals surface area contributed by atoms with Crippen molar-refractivity contribution < 1.29 is 49.3 Å². The summed E-state index contributed by atoms with van der Waals surface area (Å²) in [7, 11) is 0. The summed E-state index contributed by atoms with van der Waals surface area (Å²) in [6, 6.07) is -0.806. The lowest BCUT2D eigenvalue weighted by Crippen LogP contribution is -2.60. The molecular weight excluding hydrogens is 1090 g/mol. The highest BCUT2D eigenvalue weighted by molar-refractivity contribution is 5.76. The summed E-state index contributed by atoms with van der Waals surface area (Å²) >= 11 is 0. The minimum Gasteiger partial charge on any atom is -0.466 e.